The summed E-state index contributed by atoms with van der Waals surface area (Å²) in [7, 11) is 1.86. The SMILES string of the molecule is CN(C(=O)CCC(=O)Nc1nncs1)C1CCCCCC1. The minimum absolute atomic E-state index is 0.0503. The Morgan fingerprint density at radius 3 is 2.62 bits per heavy atom. The topological polar surface area (TPSA) is 75.2 Å². The number of nitrogens with zero attached hydrogens (tertiary/aromatic N) is 3. The summed E-state index contributed by atoms with van der Waals surface area (Å²) in [5, 5.41) is 10.5. The molecule has 1 aliphatic carbocycles. The second-order valence-corrected chi connectivity index (χ2v) is 6.28. The molecule has 116 valence electrons. The van der Waals surface area contributed by atoms with Crippen LogP contribution in [0.2, 0.25) is 0 Å². The van der Waals surface area contributed by atoms with Gasteiger partial charge in [0.05, 0.1) is 0 Å². The third kappa shape index (κ3) is 5.08. The quantitative estimate of drug-likeness (QED) is 0.848. The lowest BCUT2D eigenvalue weighted by Gasteiger charge is -2.27. The Balaban J connectivity index is 1.73. The van der Waals surface area contributed by atoms with Crippen molar-refractivity contribution in [3.05, 3.63) is 5.51 Å². The predicted octanol–water partition coefficient (Wildman–Crippen LogP) is 2.44. The van der Waals surface area contributed by atoms with Crippen LogP contribution in [0.15, 0.2) is 5.51 Å². The van der Waals surface area contributed by atoms with Gasteiger partial charge in [0.1, 0.15) is 5.51 Å². The predicted molar refractivity (Wildman–Crippen MR) is 82.0 cm³/mol. The van der Waals surface area contributed by atoms with Crippen molar-refractivity contribution in [2.75, 3.05) is 12.4 Å². The number of hydrogen-bond acceptors (Lipinski definition) is 5. The van der Waals surface area contributed by atoms with Gasteiger partial charge in [-0.15, -0.1) is 10.2 Å². The molecule has 0 aromatic carbocycles. The molecule has 0 radical (unpaired) electrons. The van der Waals surface area contributed by atoms with Crippen LogP contribution in [-0.2, 0) is 9.59 Å². The van der Waals surface area contributed by atoms with E-state index in [1.54, 1.807) is 5.51 Å². The van der Waals surface area contributed by atoms with E-state index < -0.39 is 0 Å². The average molecular weight is 310 g/mol. The van der Waals surface area contributed by atoms with Gasteiger partial charge < -0.3 is 10.2 Å². The Bertz CT molecular complexity index is 456. The van der Waals surface area contributed by atoms with Crippen molar-refractivity contribution in [2.24, 2.45) is 0 Å². The lowest BCUT2D eigenvalue weighted by atomic mass is 10.1. The number of rotatable bonds is 5. The highest BCUT2D eigenvalue weighted by Gasteiger charge is 2.21. The molecule has 7 heteroatoms. The van der Waals surface area contributed by atoms with Crippen LogP contribution in [0.25, 0.3) is 0 Å². The number of anilines is 1. The second kappa shape index (κ2) is 8.07. The Labute approximate surface area is 128 Å². The number of hydrogen-bond donors (Lipinski definition) is 1. The van der Waals surface area contributed by atoms with Crippen LogP contribution in [0.3, 0.4) is 0 Å². The summed E-state index contributed by atoms with van der Waals surface area (Å²) in [6.45, 7) is 0. The zero-order valence-corrected chi connectivity index (χ0v) is 13.2. The normalized spacial score (nSPS) is 16.2. The molecule has 1 heterocycles. The number of carbonyl (C=O) groups is 2. The Morgan fingerprint density at radius 2 is 2.00 bits per heavy atom. The highest BCUT2D eigenvalue weighted by molar-refractivity contribution is 7.13. The third-order valence-electron chi connectivity index (χ3n) is 3.94. The summed E-state index contributed by atoms with van der Waals surface area (Å²) in [6, 6.07) is 0.339. The molecule has 0 aliphatic heterocycles. The van der Waals surface area contributed by atoms with Gasteiger partial charge >= 0.3 is 0 Å². The summed E-state index contributed by atoms with van der Waals surface area (Å²) in [5.41, 5.74) is 1.56. The van der Waals surface area contributed by atoms with Crippen LogP contribution in [0.5, 0.6) is 0 Å². The van der Waals surface area contributed by atoms with Crippen LogP contribution in [0.1, 0.15) is 51.4 Å². The van der Waals surface area contributed by atoms with Crippen molar-refractivity contribution >= 4 is 28.3 Å². The van der Waals surface area contributed by atoms with Gasteiger partial charge in [0, 0.05) is 25.9 Å². The van der Waals surface area contributed by atoms with E-state index in [0.29, 0.717) is 11.2 Å². The van der Waals surface area contributed by atoms with Gasteiger partial charge in [-0.2, -0.15) is 0 Å². The molecule has 21 heavy (non-hydrogen) atoms. The molecule has 1 aromatic rings. The summed E-state index contributed by atoms with van der Waals surface area (Å²) in [6.07, 6.45) is 7.52. The Hall–Kier alpha value is -1.50. The van der Waals surface area contributed by atoms with Crippen molar-refractivity contribution < 1.29 is 9.59 Å². The minimum Gasteiger partial charge on any atom is -0.343 e. The molecule has 0 bridgehead atoms. The van der Waals surface area contributed by atoms with Crippen LogP contribution in [0.4, 0.5) is 5.13 Å². The molecule has 0 saturated heterocycles. The molecular formula is C14H22N4O2S. The molecule has 1 saturated carbocycles. The maximum absolute atomic E-state index is 12.2. The molecule has 2 amide bonds. The minimum atomic E-state index is -0.186. The molecule has 1 fully saturated rings. The summed E-state index contributed by atoms with van der Waals surface area (Å²) in [5.74, 6) is -0.135. The van der Waals surface area contributed by atoms with E-state index in [2.05, 4.69) is 15.5 Å². The van der Waals surface area contributed by atoms with E-state index in [-0.39, 0.29) is 24.7 Å². The Kier molecular flexibility index (Phi) is 6.10. The van der Waals surface area contributed by atoms with Gasteiger partial charge in [-0.3, -0.25) is 9.59 Å². The van der Waals surface area contributed by atoms with Gasteiger partial charge in [-0.1, -0.05) is 37.0 Å². The highest BCUT2D eigenvalue weighted by atomic mass is 32.1. The highest BCUT2D eigenvalue weighted by Crippen LogP contribution is 2.21. The van der Waals surface area contributed by atoms with Crippen LogP contribution < -0.4 is 5.32 Å². The molecule has 0 spiro atoms. The molecule has 0 atom stereocenters. The molecule has 1 N–H and O–H groups in total. The van der Waals surface area contributed by atoms with E-state index in [0.717, 1.165) is 12.8 Å². The van der Waals surface area contributed by atoms with E-state index in [4.69, 9.17) is 0 Å². The van der Waals surface area contributed by atoms with E-state index in [1.807, 2.05) is 11.9 Å². The zero-order valence-electron chi connectivity index (χ0n) is 12.4. The number of aromatic nitrogens is 2. The fraction of sp³-hybridized carbons (Fsp3) is 0.714. The fourth-order valence-electron chi connectivity index (χ4n) is 2.65. The number of nitrogens with one attached hydrogen (secondary N) is 1. The third-order valence-corrected chi connectivity index (χ3v) is 4.54. The van der Waals surface area contributed by atoms with Crippen LogP contribution in [0, 0.1) is 0 Å². The first-order valence-electron chi connectivity index (χ1n) is 7.48. The molecule has 1 aliphatic rings. The van der Waals surface area contributed by atoms with Crippen molar-refractivity contribution in [3.8, 4) is 0 Å². The van der Waals surface area contributed by atoms with E-state index in [9.17, 15) is 9.59 Å². The van der Waals surface area contributed by atoms with Gasteiger partial charge in [0.25, 0.3) is 0 Å². The maximum Gasteiger partial charge on any atom is 0.226 e. The van der Waals surface area contributed by atoms with Crippen molar-refractivity contribution in [1.29, 1.82) is 0 Å². The summed E-state index contributed by atoms with van der Waals surface area (Å²) in [4.78, 5) is 25.7. The monoisotopic (exact) mass is 310 g/mol. The van der Waals surface area contributed by atoms with Crippen molar-refractivity contribution in [1.82, 2.24) is 15.1 Å². The average Bonchev–Trinajstić information content (AvgIpc) is 2.83. The first-order chi connectivity index (χ1) is 10.2. The van der Waals surface area contributed by atoms with E-state index >= 15 is 0 Å². The molecule has 6 nitrogen and oxygen atoms in total. The molecular weight excluding hydrogens is 288 g/mol. The largest absolute Gasteiger partial charge is 0.343 e. The number of amides is 2. The fourth-order valence-corrected chi connectivity index (χ4v) is 3.12. The smallest absolute Gasteiger partial charge is 0.226 e. The van der Waals surface area contributed by atoms with Crippen LogP contribution >= 0.6 is 11.3 Å². The lowest BCUT2D eigenvalue weighted by molar-refractivity contribution is -0.133. The maximum atomic E-state index is 12.2. The first-order valence-corrected chi connectivity index (χ1v) is 8.36. The second-order valence-electron chi connectivity index (χ2n) is 5.44. The van der Waals surface area contributed by atoms with Gasteiger partial charge in [-0.05, 0) is 12.8 Å². The van der Waals surface area contributed by atoms with Crippen molar-refractivity contribution in [2.45, 2.75) is 57.4 Å². The zero-order chi connectivity index (χ0) is 15.1. The summed E-state index contributed by atoms with van der Waals surface area (Å²) >= 11 is 1.27. The summed E-state index contributed by atoms with van der Waals surface area (Å²) < 4.78 is 0. The molecule has 0 unspecified atom stereocenters. The van der Waals surface area contributed by atoms with Crippen molar-refractivity contribution in [3.63, 3.8) is 0 Å². The van der Waals surface area contributed by atoms with Gasteiger partial charge in [-0.25, -0.2) is 0 Å². The first kappa shape index (κ1) is 15.9. The van der Waals surface area contributed by atoms with Gasteiger partial charge in [0.15, 0.2) is 0 Å². The standard InChI is InChI=1S/C14H22N4O2S/c1-18(11-6-4-2-3-5-7-11)13(20)9-8-12(19)16-14-17-15-10-21-14/h10-11H,2-9H2,1H3,(H,16,17,19). The lowest BCUT2D eigenvalue weighted by Crippen LogP contribution is -2.37. The molecule has 1 aromatic heterocycles. The molecule has 2 rings (SSSR count). The number of carbonyl (C=O) groups excluding carboxylic acids is 2. The van der Waals surface area contributed by atoms with Crippen LogP contribution in [-0.4, -0.2) is 40.0 Å². The van der Waals surface area contributed by atoms with E-state index in [1.165, 1.54) is 37.0 Å². The Morgan fingerprint density at radius 1 is 1.29 bits per heavy atom. The van der Waals surface area contributed by atoms with Gasteiger partial charge in [0.2, 0.25) is 16.9 Å².